The average molecular weight is 295 g/mol. The molecule has 3 heterocycles. The van der Waals surface area contributed by atoms with Crippen LogP contribution in [0.2, 0.25) is 0 Å². The van der Waals surface area contributed by atoms with Gasteiger partial charge in [-0.1, -0.05) is 11.8 Å². The van der Waals surface area contributed by atoms with Gasteiger partial charge in [-0.25, -0.2) is 0 Å². The van der Waals surface area contributed by atoms with Gasteiger partial charge in [-0.05, 0) is 24.8 Å². The van der Waals surface area contributed by atoms with Gasteiger partial charge in [0.1, 0.15) is 0 Å². The summed E-state index contributed by atoms with van der Waals surface area (Å²) in [5.74, 6) is 0. The summed E-state index contributed by atoms with van der Waals surface area (Å²) in [6.45, 7) is 1.98. The summed E-state index contributed by atoms with van der Waals surface area (Å²) in [6.07, 6.45) is 4.17. The molecule has 1 saturated heterocycles. The predicted molar refractivity (Wildman–Crippen MR) is 70.0 cm³/mol. The molecule has 15 heavy (non-hydrogen) atoms. The van der Waals surface area contributed by atoms with E-state index < -0.39 is 0 Å². The molecule has 2 unspecified atom stereocenters. The van der Waals surface area contributed by atoms with Gasteiger partial charge in [0.25, 0.3) is 0 Å². The number of thioether (sulfide) groups is 1. The first-order valence-corrected chi connectivity index (χ1v) is 5.95. The van der Waals surface area contributed by atoms with Crippen molar-refractivity contribution in [1.29, 1.82) is 0 Å². The average Bonchev–Trinajstić information content (AvgIpc) is 2.55. The van der Waals surface area contributed by atoms with Crippen LogP contribution in [0.4, 0.5) is 0 Å². The zero-order valence-electron chi connectivity index (χ0n) is 9.07. The monoisotopic (exact) mass is 294 g/mol. The molecular formula is C10H19BrN2OS. The summed E-state index contributed by atoms with van der Waals surface area (Å²) in [5.41, 5.74) is 1.76. The molecule has 0 amide bonds. The Morgan fingerprint density at radius 2 is 2.33 bits per heavy atom. The molecule has 0 aromatic heterocycles. The number of methoxy groups -OCH3 is 1. The molecule has 3 nitrogen and oxygen atoms in total. The molecule has 0 aromatic carbocycles. The van der Waals surface area contributed by atoms with E-state index in [2.05, 4.69) is 16.7 Å². The second-order valence-electron chi connectivity index (χ2n) is 4.01. The Bertz CT molecular complexity index is 272. The number of hydrogen-bond donors (Lipinski definition) is 1. The van der Waals surface area contributed by atoms with Crippen molar-refractivity contribution in [2.24, 2.45) is 0 Å². The van der Waals surface area contributed by atoms with Gasteiger partial charge in [-0.3, -0.25) is 0 Å². The highest BCUT2D eigenvalue weighted by molar-refractivity contribution is 8.93. The van der Waals surface area contributed by atoms with E-state index in [1.54, 1.807) is 17.7 Å². The van der Waals surface area contributed by atoms with Crippen LogP contribution >= 0.6 is 28.7 Å². The topological polar surface area (TPSA) is 47.5 Å². The molecule has 0 radical (unpaired) electrons. The highest BCUT2D eigenvalue weighted by Crippen LogP contribution is 2.59. The van der Waals surface area contributed by atoms with Crippen LogP contribution in [0.15, 0.2) is 10.6 Å². The van der Waals surface area contributed by atoms with Crippen LogP contribution < -0.4 is 6.15 Å². The number of nitrogens with zero attached hydrogens (tertiary/aromatic N) is 1. The Balaban J connectivity index is 0.000000562. The van der Waals surface area contributed by atoms with Crippen molar-refractivity contribution < 1.29 is 4.74 Å². The Kier molecular flexibility index (Phi) is 4.52. The first-order chi connectivity index (χ1) is 6.42. The summed E-state index contributed by atoms with van der Waals surface area (Å²) in [7, 11) is 1.79. The minimum absolute atomic E-state index is 0. The van der Waals surface area contributed by atoms with Gasteiger partial charge in [0, 0.05) is 19.7 Å². The Hall–Kier alpha value is 0.290. The van der Waals surface area contributed by atoms with Crippen molar-refractivity contribution in [3.05, 3.63) is 10.6 Å². The molecule has 4 bridgehead atoms. The minimum Gasteiger partial charge on any atom is -0.383 e. The van der Waals surface area contributed by atoms with Crippen molar-refractivity contribution in [2.45, 2.75) is 30.6 Å². The van der Waals surface area contributed by atoms with E-state index in [-0.39, 0.29) is 23.1 Å². The first-order valence-electron chi connectivity index (χ1n) is 5.07. The first kappa shape index (κ1) is 13.4. The highest BCUT2D eigenvalue weighted by Gasteiger charge is 2.51. The van der Waals surface area contributed by atoms with Crippen molar-refractivity contribution >= 4 is 28.7 Å². The summed E-state index contributed by atoms with van der Waals surface area (Å²) >= 11 is 2.10. The van der Waals surface area contributed by atoms with Gasteiger partial charge in [-0.2, -0.15) is 0 Å². The second kappa shape index (κ2) is 5.08. The van der Waals surface area contributed by atoms with Gasteiger partial charge < -0.3 is 15.8 Å². The number of ether oxygens (including phenoxy) is 1. The van der Waals surface area contributed by atoms with Crippen molar-refractivity contribution in [3.8, 4) is 0 Å². The van der Waals surface area contributed by atoms with Crippen LogP contribution in [0.5, 0.6) is 0 Å². The zero-order valence-corrected chi connectivity index (χ0v) is 11.6. The quantitative estimate of drug-likeness (QED) is 0.869. The lowest BCUT2D eigenvalue weighted by atomic mass is 9.93. The number of hydrogen-bond acceptors (Lipinski definition) is 4. The fraction of sp³-hybridized carbons (Fsp3) is 0.800. The van der Waals surface area contributed by atoms with E-state index in [4.69, 9.17) is 4.74 Å². The van der Waals surface area contributed by atoms with Crippen LogP contribution in [-0.4, -0.2) is 36.5 Å². The molecule has 1 saturated carbocycles. The molecule has 2 fully saturated rings. The van der Waals surface area contributed by atoms with E-state index >= 15 is 0 Å². The normalized spacial score (nSPS) is 30.6. The Morgan fingerprint density at radius 1 is 1.53 bits per heavy atom. The van der Waals surface area contributed by atoms with Gasteiger partial charge in [0.05, 0.1) is 16.9 Å². The number of halogens is 1. The van der Waals surface area contributed by atoms with E-state index in [9.17, 15) is 0 Å². The predicted octanol–water partition coefficient (Wildman–Crippen LogP) is 2.57. The summed E-state index contributed by atoms with van der Waals surface area (Å²) in [4.78, 5) is 2.58. The van der Waals surface area contributed by atoms with Crippen LogP contribution in [0.3, 0.4) is 0 Å². The van der Waals surface area contributed by atoms with Gasteiger partial charge in [0.2, 0.25) is 0 Å². The van der Waals surface area contributed by atoms with Crippen molar-refractivity contribution in [2.75, 3.05) is 20.3 Å². The van der Waals surface area contributed by atoms with Gasteiger partial charge in [0.15, 0.2) is 0 Å². The molecule has 4 aliphatic rings. The van der Waals surface area contributed by atoms with E-state index in [0.29, 0.717) is 0 Å². The molecule has 0 aromatic rings. The Labute approximate surface area is 106 Å². The highest BCUT2D eigenvalue weighted by atomic mass is 79.9. The standard InChI is InChI=1S/C10H15NOS.BrH.H3N/c1-12-6-5-11-8-4-2-3-7-9(8)13-10(7)11;;/h8-9H,2-6H2,1H3;1H;1H3. The SMILES string of the molecule is Br.COCCN1C2=C3CCCC1C3S2.N. The van der Waals surface area contributed by atoms with E-state index in [0.717, 1.165) is 24.4 Å². The maximum Gasteiger partial charge on any atom is 0.0721 e. The van der Waals surface area contributed by atoms with Crippen LogP contribution in [-0.2, 0) is 4.74 Å². The molecule has 5 heteroatoms. The third-order valence-corrected chi connectivity index (χ3v) is 4.92. The minimum atomic E-state index is 0. The fourth-order valence-corrected chi connectivity index (χ4v) is 4.33. The maximum atomic E-state index is 5.15. The lowest BCUT2D eigenvalue weighted by Gasteiger charge is -2.27. The van der Waals surface area contributed by atoms with E-state index in [1.807, 2.05) is 0 Å². The smallest absolute Gasteiger partial charge is 0.0721 e. The van der Waals surface area contributed by atoms with Gasteiger partial charge >= 0.3 is 0 Å². The third-order valence-electron chi connectivity index (χ3n) is 3.35. The van der Waals surface area contributed by atoms with Crippen molar-refractivity contribution in [1.82, 2.24) is 11.1 Å². The lowest BCUT2D eigenvalue weighted by Crippen LogP contribution is -2.33. The summed E-state index contributed by atoms with van der Waals surface area (Å²) in [6, 6.07) is 0.832. The largest absolute Gasteiger partial charge is 0.383 e. The maximum absolute atomic E-state index is 5.15. The molecule has 3 N–H and O–H groups in total. The molecule has 3 aliphatic heterocycles. The molecule has 88 valence electrons. The van der Waals surface area contributed by atoms with E-state index in [1.165, 1.54) is 19.3 Å². The number of rotatable bonds is 3. The van der Waals surface area contributed by atoms with Crippen LogP contribution in [0.1, 0.15) is 19.3 Å². The lowest BCUT2D eigenvalue weighted by molar-refractivity contribution is 0.155. The molecule has 0 spiro atoms. The van der Waals surface area contributed by atoms with Crippen molar-refractivity contribution in [3.63, 3.8) is 0 Å². The van der Waals surface area contributed by atoms with Crippen LogP contribution in [0.25, 0.3) is 0 Å². The molecule has 1 aliphatic carbocycles. The molecule has 4 rings (SSSR count). The van der Waals surface area contributed by atoms with Crippen LogP contribution in [0, 0.1) is 0 Å². The summed E-state index contributed by atoms with van der Waals surface area (Å²) < 4.78 is 5.15. The van der Waals surface area contributed by atoms with Gasteiger partial charge in [-0.15, -0.1) is 17.0 Å². The second-order valence-corrected chi connectivity index (χ2v) is 5.14. The zero-order chi connectivity index (χ0) is 8.84. The molecule has 2 atom stereocenters. The fourth-order valence-electron chi connectivity index (χ4n) is 2.72. The third kappa shape index (κ3) is 1.84. The molecular weight excluding hydrogens is 276 g/mol. The Morgan fingerprint density at radius 3 is 3.00 bits per heavy atom. The summed E-state index contributed by atoms with van der Waals surface area (Å²) in [5, 5.41) is 2.48.